The van der Waals surface area contributed by atoms with Gasteiger partial charge in [-0.2, -0.15) is 5.10 Å². The van der Waals surface area contributed by atoms with Crippen molar-refractivity contribution in [2.75, 3.05) is 6.61 Å². The van der Waals surface area contributed by atoms with Gasteiger partial charge in [-0.05, 0) is 54.7 Å². The molecule has 1 unspecified atom stereocenters. The van der Waals surface area contributed by atoms with Crippen LogP contribution >= 0.6 is 11.6 Å². The quantitative estimate of drug-likeness (QED) is 0.737. The number of rotatable bonds is 2. The van der Waals surface area contributed by atoms with Gasteiger partial charge in [-0.3, -0.25) is 0 Å². The zero-order valence-corrected chi connectivity index (χ0v) is 13.3. The number of hydrogen-bond donors (Lipinski definition) is 1. The van der Waals surface area contributed by atoms with Crippen LogP contribution in [0.5, 0.6) is 5.75 Å². The molecule has 1 fully saturated rings. The lowest BCUT2D eigenvalue weighted by Crippen LogP contribution is -2.18. The third-order valence-electron chi connectivity index (χ3n) is 4.29. The summed E-state index contributed by atoms with van der Waals surface area (Å²) >= 11 is 6.45. The number of fused-ring (bicyclic) bond motifs is 1. The van der Waals surface area contributed by atoms with Crippen LogP contribution < -0.4 is 0 Å². The van der Waals surface area contributed by atoms with Crippen LogP contribution in [-0.2, 0) is 4.74 Å². The largest absolute Gasteiger partial charge is 0.508 e. The highest BCUT2D eigenvalue weighted by Gasteiger charge is 2.19. The van der Waals surface area contributed by atoms with Crippen molar-refractivity contribution in [1.29, 1.82) is 0 Å². The highest BCUT2D eigenvalue weighted by molar-refractivity contribution is 6.35. The van der Waals surface area contributed by atoms with E-state index in [1.165, 1.54) is 0 Å². The first-order valence-electron chi connectivity index (χ1n) is 7.80. The molecule has 5 heteroatoms. The normalized spacial score (nSPS) is 18.4. The van der Waals surface area contributed by atoms with E-state index in [0.29, 0.717) is 5.02 Å². The maximum Gasteiger partial charge on any atom is 0.150 e. The minimum absolute atomic E-state index is 0.0209. The molecular weight excluding hydrogens is 312 g/mol. The van der Waals surface area contributed by atoms with Crippen molar-refractivity contribution in [3.8, 4) is 16.9 Å². The maximum atomic E-state index is 9.45. The van der Waals surface area contributed by atoms with E-state index >= 15 is 0 Å². The van der Waals surface area contributed by atoms with Gasteiger partial charge in [0.25, 0.3) is 0 Å². The van der Waals surface area contributed by atoms with E-state index < -0.39 is 0 Å². The van der Waals surface area contributed by atoms with Gasteiger partial charge in [-0.1, -0.05) is 23.7 Å². The van der Waals surface area contributed by atoms with E-state index in [4.69, 9.17) is 16.3 Å². The Kier molecular flexibility index (Phi) is 3.71. The smallest absolute Gasteiger partial charge is 0.150 e. The zero-order valence-electron chi connectivity index (χ0n) is 12.6. The molecule has 1 saturated heterocycles. The van der Waals surface area contributed by atoms with E-state index in [2.05, 4.69) is 11.2 Å². The van der Waals surface area contributed by atoms with Crippen LogP contribution in [0.3, 0.4) is 0 Å². The Labute approximate surface area is 139 Å². The molecule has 23 heavy (non-hydrogen) atoms. The van der Waals surface area contributed by atoms with Gasteiger partial charge in [0.1, 0.15) is 5.75 Å². The maximum absolute atomic E-state index is 9.45. The van der Waals surface area contributed by atoms with Crippen molar-refractivity contribution in [3.63, 3.8) is 0 Å². The van der Waals surface area contributed by atoms with Crippen LogP contribution in [0.15, 0.2) is 42.6 Å². The Hall–Kier alpha value is -2.04. The molecule has 118 valence electrons. The van der Waals surface area contributed by atoms with Crippen LogP contribution in [0.25, 0.3) is 22.0 Å². The predicted molar refractivity (Wildman–Crippen MR) is 90.7 cm³/mol. The lowest BCUT2D eigenvalue weighted by molar-refractivity contribution is -0.0366. The fraction of sp³-hybridized carbons (Fsp3) is 0.278. The van der Waals surface area contributed by atoms with E-state index in [9.17, 15) is 5.11 Å². The number of benzene rings is 2. The fourth-order valence-electron chi connectivity index (χ4n) is 3.07. The minimum Gasteiger partial charge on any atom is -0.508 e. The van der Waals surface area contributed by atoms with Gasteiger partial charge in [0.15, 0.2) is 6.23 Å². The highest BCUT2D eigenvalue weighted by atomic mass is 35.5. The molecule has 3 aromatic rings. The average molecular weight is 329 g/mol. The van der Waals surface area contributed by atoms with Crippen LogP contribution in [0.1, 0.15) is 25.5 Å². The second kappa shape index (κ2) is 5.87. The molecule has 0 bridgehead atoms. The molecule has 0 amide bonds. The van der Waals surface area contributed by atoms with Crippen molar-refractivity contribution in [1.82, 2.24) is 9.78 Å². The van der Waals surface area contributed by atoms with E-state index in [1.54, 1.807) is 18.3 Å². The molecule has 1 N–H and O–H groups in total. The Bertz CT molecular complexity index is 836. The van der Waals surface area contributed by atoms with Crippen LogP contribution in [0.4, 0.5) is 0 Å². The molecule has 1 aliphatic heterocycles. The third kappa shape index (κ3) is 2.69. The topological polar surface area (TPSA) is 47.3 Å². The monoisotopic (exact) mass is 328 g/mol. The number of hydrogen-bond acceptors (Lipinski definition) is 3. The van der Waals surface area contributed by atoms with Gasteiger partial charge in [0, 0.05) is 12.0 Å². The molecule has 4 nitrogen and oxygen atoms in total. The fourth-order valence-corrected chi connectivity index (χ4v) is 3.33. The average Bonchev–Trinajstić information content (AvgIpc) is 3.01. The van der Waals surface area contributed by atoms with E-state index in [-0.39, 0.29) is 12.0 Å². The predicted octanol–water partition coefficient (Wildman–Crippen LogP) is 4.76. The lowest BCUT2D eigenvalue weighted by Gasteiger charge is -2.23. The summed E-state index contributed by atoms with van der Waals surface area (Å²) < 4.78 is 7.79. The van der Waals surface area contributed by atoms with E-state index in [1.807, 2.05) is 22.9 Å². The minimum atomic E-state index is -0.0209. The number of phenols is 1. The first-order valence-corrected chi connectivity index (χ1v) is 8.18. The van der Waals surface area contributed by atoms with Crippen LogP contribution in [-0.4, -0.2) is 21.5 Å². The van der Waals surface area contributed by atoms with Gasteiger partial charge >= 0.3 is 0 Å². The number of aromatic nitrogens is 2. The third-order valence-corrected chi connectivity index (χ3v) is 4.61. The second-order valence-corrected chi connectivity index (χ2v) is 6.26. The summed E-state index contributed by atoms with van der Waals surface area (Å²) in [6, 6.07) is 11.1. The molecule has 2 aromatic carbocycles. The van der Waals surface area contributed by atoms with Crippen LogP contribution in [0, 0.1) is 0 Å². The molecule has 1 atom stereocenters. The summed E-state index contributed by atoms with van der Waals surface area (Å²) in [5.74, 6) is 0.251. The zero-order chi connectivity index (χ0) is 15.8. The number of aromatic hydroxyl groups is 1. The summed E-state index contributed by atoms with van der Waals surface area (Å²) in [6.07, 6.45) is 5.01. The highest BCUT2D eigenvalue weighted by Crippen LogP contribution is 2.34. The summed E-state index contributed by atoms with van der Waals surface area (Å²) in [4.78, 5) is 0. The van der Waals surface area contributed by atoms with Gasteiger partial charge < -0.3 is 9.84 Å². The summed E-state index contributed by atoms with van der Waals surface area (Å²) in [5, 5.41) is 15.6. The van der Waals surface area contributed by atoms with Crippen molar-refractivity contribution in [3.05, 3.63) is 47.6 Å². The van der Waals surface area contributed by atoms with Gasteiger partial charge in [0.2, 0.25) is 0 Å². The molecule has 2 heterocycles. The van der Waals surface area contributed by atoms with Gasteiger partial charge in [-0.15, -0.1) is 0 Å². The molecule has 1 aliphatic rings. The van der Waals surface area contributed by atoms with Gasteiger partial charge in [0.05, 0.1) is 16.7 Å². The lowest BCUT2D eigenvalue weighted by atomic mass is 10.0. The van der Waals surface area contributed by atoms with Crippen molar-refractivity contribution >= 4 is 22.5 Å². The Morgan fingerprint density at radius 1 is 1.13 bits per heavy atom. The number of ether oxygens (including phenoxy) is 1. The Balaban J connectivity index is 1.82. The second-order valence-electron chi connectivity index (χ2n) is 5.85. The van der Waals surface area contributed by atoms with E-state index in [0.717, 1.165) is 47.9 Å². The summed E-state index contributed by atoms with van der Waals surface area (Å²) in [6.45, 7) is 0.775. The molecule has 4 rings (SSSR count). The number of phenolic OH excluding ortho intramolecular Hbond substituents is 1. The first kappa shape index (κ1) is 14.5. The first-order chi connectivity index (χ1) is 11.2. The summed E-state index contributed by atoms with van der Waals surface area (Å²) in [7, 11) is 0. The SMILES string of the molecule is Oc1ccc(-c2cc(Cl)c3cnn(C4CCCCO4)c3c2)cc1. The molecule has 0 spiro atoms. The Morgan fingerprint density at radius 2 is 1.96 bits per heavy atom. The standard InChI is InChI=1S/C18H17ClN2O2/c19-16-9-13(12-4-6-14(22)7-5-12)10-17-15(16)11-20-21(17)18-3-1-2-8-23-18/h4-7,9-11,18,22H,1-3,8H2. The number of nitrogens with zero attached hydrogens (tertiary/aromatic N) is 2. The number of halogens is 1. The summed E-state index contributed by atoms with van der Waals surface area (Å²) in [5.41, 5.74) is 2.98. The van der Waals surface area contributed by atoms with Crippen LogP contribution in [0.2, 0.25) is 5.02 Å². The van der Waals surface area contributed by atoms with Crippen molar-refractivity contribution in [2.24, 2.45) is 0 Å². The molecule has 0 saturated carbocycles. The molecule has 0 radical (unpaired) electrons. The van der Waals surface area contributed by atoms with Crippen molar-refractivity contribution in [2.45, 2.75) is 25.5 Å². The van der Waals surface area contributed by atoms with Gasteiger partial charge in [-0.25, -0.2) is 4.68 Å². The molecular formula is C18H17ClN2O2. The van der Waals surface area contributed by atoms with Crippen molar-refractivity contribution < 1.29 is 9.84 Å². The molecule has 1 aromatic heterocycles. The molecule has 0 aliphatic carbocycles. The Morgan fingerprint density at radius 3 is 2.70 bits per heavy atom.